The summed E-state index contributed by atoms with van der Waals surface area (Å²) in [4.78, 5) is 6.85. The van der Waals surface area contributed by atoms with Crippen LogP contribution in [0.5, 0.6) is 0 Å². The summed E-state index contributed by atoms with van der Waals surface area (Å²) in [6.07, 6.45) is -1.57. The van der Waals surface area contributed by atoms with E-state index in [1.807, 2.05) is 6.92 Å². The van der Waals surface area contributed by atoms with Gasteiger partial charge < -0.3 is 11.1 Å². The van der Waals surface area contributed by atoms with Crippen LogP contribution >= 0.6 is 0 Å². The fraction of sp³-hybridized carbons (Fsp3) is 0.600. The molecule has 7 heteroatoms. The summed E-state index contributed by atoms with van der Waals surface area (Å²) in [6.45, 7) is 2.62. The molecule has 3 N–H and O–H groups in total. The monoisotopic (exact) mass is 248 g/mol. The number of rotatable bonds is 5. The Balaban J connectivity index is 2.69. The molecule has 4 nitrogen and oxygen atoms in total. The smallest absolute Gasteiger partial charge is 0.370 e. The molecule has 0 fully saturated rings. The van der Waals surface area contributed by atoms with Crippen LogP contribution < -0.4 is 11.1 Å². The minimum absolute atomic E-state index is 0.112. The zero-order valence-electron chi connectivity index (χ0n) is 9.51. The molecule has 0 spiro atoms. The fourth-order valence-electron chi connectivity index (χ4n) is 1.29. The van der Waals surface area contributed by atoms with Gasteiger partial charge in [-0.05, 0) is 6.42 Å². The second-order valence-corrected chi connectivity index (χ2v) is 3.63. The fourth-order valence-corrected chi connectivity index (χ4v) is 1.29. The largest absolute Gasteiger partial charge is 0.433 e. The molecule has 0 saturated heterocycles. The standard InChI is InChI=1S/C10H15F3N4/c1-2-3-4-5-15-8-6-7(10(11,12)13)16-9(14)17-8/h6H,2-5H2,1H3,(H3,14,15,16,17). The molecule has 0 unspecified atom stereocenters. The number of unbranched alkanes of at least 4 members (excludes halogenated alkanes) is 2. The van der Waals surface area contributed by atoms with Crippen LogP contribution in [-0.4, -0.2) is 16.5 Å². The minimum Gasteiger partial charge on any atom is -0.370 e. The maximum Gasteiger partial charge on any atom is 0.433 e. The van der Waals surface area contributed by atoms with Crippen molar-refractivity contribution in [2.24, 2.45) is 0 Å². The van der Waals surface area contributed by atoms with Crippen LogP contribution in [0.3, 0.4) is 0 Å². The van der Waals surface area contributed by atoms with Crippen LogP contribution in [0.2, 0.25) is 0 Å². The molecule has 0 bridgehead atoms. The Labute approximate surface area is 97.4 Å². The van der Waals surface area contributed by atoms with Gasteiger partial charge in [-0.3, -0.25) is 0 Å². The topological polar surface area (TPSA) is 63.8 Å². The number of anilines is 2. The van der Waals surface area contributed by atoms with Crippen LogP contribution in [0, 0.1) is 0 Å². The van der Waals surface area contributed by atoms with Crippen molar-refractivity contribution in [2.45, 2.75) is 32.4 Å². The van der Waals surface area contributed by atoms with Crippen molar-refractivity contribution in [1.29, 1.82) is 0 Å². The lowest BCUT2D eigenvalue weighted by Gasteiger charge is -2.10. The van der Waals surface area contributed by atoms with Gasteiger partial charge in [-0.2, -0.15) is 18.2 Å². The molecule has 0 aliphatic rings. The number of hydrogen-bond acceptors (Lipinski definition) is 4. The molecule has 0 atom stereocenters. The van der Waals surface area contributed by atoms with Crippen molar-refractivity contribution in [3.63, 3.8) is 0 Å². The van der Waals surface area contributed by atoms with Crippen LogP contribution in [0.15, 0.2) is 6.07 Å². The van der Waals surface area contributed by atoms with Crippen molar-refractivity contribution in [2.75, 3.05) is 17.6 Å². The van der Waals surface area contributed by atoms with Crippen molar-refractivity contribution in [1.82, 2.24) is 9.97 Å². The number of halogens is 3. The van der Waals surface area contributed by atoms with Gasteiger partial charge in [-0.1, -0.05) is 19.8 Å². The normalized spacial score (nSPS) is 11.5. The zero-order valence-corrected chi connectivity index (χ0v) is 9.51. The van der Waals surface area contributed by atoms with E-state index < -0.39 is 11.9 Å². The van der Waals surface area contributed by atoms with E-state index in [-0.39, 0.29) is 11.8 Å². The lowest BCUT2D eigenvalue weighted by atomic mass is 10.2. The van der Waals surface area contributed by atoms with Gasteiger partial charge in [0.15, 0.2) is 5.69 Å². The second-order valence-electron chi connectivity index (χ2n) is 3.63. The Bertz CT molecular complexity index is 365. The van der Waals surface area contributed by atoms with E-state index in [1.54, 1.807) is 0 Å². The third-order valence-electron chi connectivity index (χ3n) is 2.12. The first kappa shape index (κ1) is 13.5. The molecule has 1 rings (SSSR count). The van der Waals surface area contributed by atoms with Crippen molar-refractivity contribution in [3.05, 3.63) is 11.8 Å². The first-order valence-corrected chi connectivity index (χ1v) is 5.39. The van der Waals surface area contributed by atoms with E-state index in [4.69, 9.17) is 5.73 Å². The summed E-state index contributed by atoms with van der Waals surface area (Å²) >= 11 is 0. The summed E-state index contributed by atoms with van der Waals surface area (Å²) in [6, 6.07) is 0.863. The van der Waals surface area contributed by atoms with E-state index in [0.29, 0.717) is 6.54 Å². The number of hydrogen-bond donors (Lipinski definition) is 2. The Hall–Kier alpha value is -1.53. The number of nitrogens with two attached hydrogens (primary N) is 1. The Morgan fingerprint density at radius 2 is 2.00 bits per heavy atom. The number of alkyl halides is 3. The molecular formula is C10H15F3N4. The predicted octanol–water partition coefficient (Wildman–Crippen LogP) is 2.68. The molecule has 1 aromatic heterocycles. The van der Waals surface area contributed by atoms with E-state index >= 15 is 0 Å². The molecule has 96 valence electrons. The molecule has 0 radical (unpaired) electrons. The summed E-state index contributed by atoms with van der Waals surface area (Å²) in [5.74, 6) is -0.265. The first-order valence-electron chi connectivity index (χ1n) is 5.39. The molecule has 0 aliphatic carbocycles. The summed E-state index contributed by atoms with van der Waals surface area (Å²) in [5.41, 5.74) is 4.20. The van der Waals surface area contributed by atoms with Gasteiger partial charge in [-0.15, -0.1) is 0 Å². The Morgan fingerprint density at radius 3 is 2.59 bits per heavy atom. The average Bonchev–Trinajstić information content (AvgIpc) is 2.22. The van der Waals surface area contributed by atoms with Gasteiger partial charge in [0.1, 0.15) is 5.82 Å². The van der Waals surface area contributed by atoms with Crippen LogP contribution in [0.1, 0.15) is 31.9 Å². The second kappa shape index (κ2) is 5.70. The number of nitrogens with one attached hydrogen (secondary N) is 1. The molecule has 17 heavy (non-hydrogen) atoms. The lowest BCUT2D eigenvalue weighted by molar-refractivity contribution is -0.141. The third-order valence-corrected chi connectivity index (χ3v) is 2.12. The molecule has 0 saturated carbocycles. The number of nitrogen functional groups attached to an aromatic ring is 1. The lowest BCUT2D eigenvalue weighted by Crippen LogP contribution is -2.13. The molecule has 1 heterocycles. The number of nitrogens with zero attached hydrogens (tertiary/aromatic N) is 2. The molecule has 0 aromatic carbocycles. The van der Waals surface area contributed by atoms with Crippen molar-refractivity contribution in [3.8, 4) is 0 Å². The van der Waals surface area contributed by atoms with Gasteiger partial charge >= 0.3 is 6.18 Å². The first-order chi connectivity index (χ1) is 7.93. The third kappa shape index (κ3) is 4.46. The Kier molecular flexibility index (Phi) is 4.53. The van der Waals surface area contributed by atoms with Gasteiger partial charge in [0.2, 0.25) is 5.95 Å². The summed E-state index contributed by atoms with van der Waals surface area (Å²) in [7, 11) is 0. The maximum atomic E-state index is 12.4. The van der Waals surface area contributed by atoms with Crippen LogP contribution in [0.4, 0.5) is 24.9 Å². The van der Waals surface area contributed by atoms with Crippen molar-refractivity contribution < 1.29 is 13.2 Å². The quantitative estimate of drug-likeness (QED) is 0.786. The van der Waals surface area contributed by atoms with E-state index in [1.165, 1.54) is 0 Å². The predicted molar refractivity (Wildman–Crippen MR) is 59.5 cm³/mol. The highest BCUT2D eigenvalue weighted by atomic mass is 19.4. The van der Waals surface area contributed by atoms with Gasteiger partial charge in [0, 0.05) is 12.6 Å². The summed E-state index contributed by atoms with van der Waals surface area (Å²) in [5, 5.41) is 2.80. The van der Waals surface area contributed by atoms with Gasteiger partial charge in [-0.25, -0.2) is 4.98 Å². The van der Waals surface area contributed by atoms with Crippen LogP contribution in [-0.2, 0) is 6.18 Å². The maximum absolute atomic E-state index is 12.4. The molecular weight excluding hydrogens is 233 g/mol. The van der Waals surface area contributed by atoms with E-state index in [0.717, 1.165) is 25.3 Å². The highest BCUT2D eigenvalue weighted by molar-refractivity contribution is 5.41. The SMILES string of the molecule is CCCCCNc1cc(C(F)(F)F)nc(N)n1. The van der Waals surface area contributed by atoms with Gasteiger partial charge in [0.05, 0.1) is 0 Å². The van der Waals surface area contributed by atoms with E-state index in [2.05, 4.69) is 15.3 Å². The summed E-state index contributed by atoms with van der Waals surface area (Å²) < 4.78 is 37.3. The highest BCUT2D eigenvalue weighted by Crippen LogP contribution is 2.29. The Morgan fingerprint density at radius 1 is 1.29 bits per heavy atom. The number of aromatic nitrogens is 2. The van der Waals surface area contributed by atoms with E-state index in [9.17, 15) is 13.2 Å². The molecule has 0 aliphatic heterocycles. The zero-order chi connectivity index (χ0) is 12.9. The average molecular weight is 248 g/mol. The minimum atomic E-state index is -4.50. The van der Waals surface area contributed by atoms with Crippen LogP contribution in [0.25, 0.3) is 0 Å². The molecule has 0 amide bonds. The van der Waals surface area contributed by atoms with Crippen molar-refractivity contribution >= 4 is 11.8 Å². The molecule has 1 aromatic rings. The van der Waals surface area contributed by atoms with Gasteiger partial charge in [0.25, 0.3) is 0 Å². The highest BCUT2D eigenvalue weighted by Gasteiger charge is 2.33.